The minimum absolute atomic E-state index is 0.644. The molecule has 2 aromatic carbocycles. The molecule has 0 spiro atoms. The van der Waals surface area contributed by atoms with E-state index in [1.54, 1.807) is 10.8 Å². The van der Waals surface area contributed by atoms with Crippen LogP contribution in [0.4, 0.5) is 0 Å². The van der Waals surface area contributed by atoms with Crippen LogP contribution < -0.4 is 0 Å². The third kappa shape index (κ3) is 2.73. The van der Waals surface area contributed by atoms with Crippen LogP contribution in [-0.4, -0.2) is 29.4 Å². The minimum atomic E-state index is 0.644. The van der Waals surface area contributed by atoms with E-state index in [1.807, 2.05) is 54.9 Å². The van der Waals surface area contributed by atoms with Crippen LogP contribution in [0.2, 0.25) is 5.02 Å². The van der Waals surface area contributed by atoms with Gasteiger partial charge in [-0.25, -0.2) is 14.5 Å². The first-order valence-corrected chi connectivity index (χ1v) is 9.37. The first kappa shape index (κ1) is 16.9. The first-order chi connectivity index (χ1) is 13.6. The number of aryl methyl sites for hydroxylation is 1. The zero-order valence-electron chi connectivity index (χ0n) is 15.5. The molecule has 7 heteroatoms. The Labute approximate surface area is 166 Å². The molecular weight excluding hydrogens is 372 g/mol. The Morgan fingerprint density at radius 2 is 1.86 bits per heavy atom. The number of para-hydroxylation sites is 1. The van der Waals surface area contributed by atoms with Gasteiger partial charge in [-0.2, -0.15) is 5.10 Å². The van der Waals surface area contributed by atoms with Gasteiger partial charge < -0.3 is 0 Å². The molecule has 5 rings (SSSR count). The van der Waals surface area contributed by atoms with Gasteiger partial charge in [0.25, 0.3) is 0 Å². The van der Waals surface area contributed by atoms with Crippen molar-refractivity contribution >= 4 is 28.2 Å². The van der Waals surface area contributed by atoms with Crippen molar-refractivity contribution in [3.8, 4) is 11.4 Å². The smallest absolute Gasteiger partial charge is 0.182 e. The summed E-state index contributed by atoms with van der Waals surface area (Å²) in [4.78, 5) is 9.21. The number of fused-ring (bicyclic) bond motifs is 3. The summed E-state index contributed by atoms with van der Waals surface area (Å²) in [5, 5.41) is 10.8. The molecule has 0 fully saturated rings. The van der Waals surface area contributed by atoms with E-state index < -0.39 is 0 Å². The molecular formula is C21H17ClN6. The Balaban J connectivity index is 1.55. The number of nitrogens with zero attached hydrogens (tertiary/aromatic N) is 6. The highest BCUT2D eigenvalue weighted by atomic mass is 35.5. The third-order valence-corrected chi connectivity index (χ3v) is 5.44. The maximum Gasteiger partial charge on any atom is 0.182 e. The second-order valence-electron chi connectivity index (χ2n) is 6.81. The van der Waals surface area contributed by atoms with Crippen molar-refractivity contribution in [3.63, 3.8) is 0 Å². The summed E-state index contributed by atoms with van der Waals surface area (Å²) in [6.45, 7) is 4.54. The van der Waals surface area contributed by atoms with E-state index in [0.717, 1.165) is 44.1 Å². The molecule has 6 nitrogen and oxygen atoms in total. The van der Waals surface area contributed by atoms with Crippen LogP contribution >= 0.6 is 11.6 Å². The predicted octanol–water partition coefficient (Wildman–Crippen LogP) is 4.46. The molecule has 28 heavy (non-hydrogen) atoms. The van der Waals surface area contributed by atoms with Crippen molar-refractivity contribution in [1.29, 1.82) is 0 Å². The molecule has 5 aromatic rings. The molecule has 0 saturated heterocycles. The van der Waals surface area contributed by atoms with Gasteiger partial charge in [-0.3, -0.25) is 4.68 Å². The van der Waals surface area contributed by atoms with Crippen molar-refractivity contribution in [2.75, 3.05) is 0 Å². The predicted molar refractivity (Wildman–Crippen MR) is 110 cm³/mol. The highest BCUT2D eigenvalue weighted by Crippen LogP contribution is 2.23. The molecule has 0 atom stereocenters. The van der Waals surface area contributed by atoms with Crippen molar-refractivity contribution < 1.29 is 0 Å². The molecule has 138 valence electrons. The first-order valence-electron chi connectivity index (χ1n) is 8.99. The Hall–Kier alpha value is -3.25. The second kappa shape index (κ2) is 6.42. The molecule has 3 aromatic heterocycles. The van der Waals surface area contributed by atoms with Gasteiger partial charge in [-0.15, -0.1) is 5.10 Å². The van der Waals surface area contributed by atoms with Crippen molar-refractivity contribution in [2.24, 2.45) is 0 Å². The van der Waals surface area contributed by atoms with E-state index in [4.69, 9.17) is 16.6 Å². The van der Waals surface area contributed by atoms with Crippen LogP contribution in [0.5, 0.6) is 0 Å². The van der Waals surface area contributed by atoms with Gasteiger partial charge in [0.2, 0.25) is 0 Å². The molecule has 0 aliphatic carbocycles. The Morgan fingerprint density at radius 1 is 1.00 bits per heavy atom. The summed E-state index contributed by atoms with van der Waals surface area (Å²) < 4.78 is 3.65. The lowest BCUT2D eigenvalue weighted by atomic mass is 10.1. The Bertz CT molecular complexity index is 1330. The molecule has 0 bridgehead atoms. The topological polar surface area (TPSA) is 60.9 Å². The standard InChI is InChI=1S/C21H17ClN6/c1-13-19(22)14(2)27(25-13)11-15-6-5-7-16(10-15)20-24-21-17-8-3-4-9-18(17)23-12-28(21)26-20/h3-10,12H,11H2,1-2H3. The zero-order chi connectivity index (χ0) is 19.3. The summed E-state index contributed by atoms with van der Waals surface area (Å²) in [6.07, 6.45) is 1.70. The van der Waals surface area contributed by atoms with Gasteiger partial charge in [0.05, 0.1) is 28.5 Å². The number of hydrogen-bond donors (Lipinski definition) is 0. The summed E-state index contributed by atoms with van der Waals surface area (Å²) in [5.41, 5.74) is 5.59. The lowest BCUT2D eigenvalue weighted by Gasteiger charge is -2.06. The number of hydrogen-bond acceptors (Lipinski definition) is 4. The molecule has 0 saturated carbocycles. The largest absolute Gasteiger partial charge is 0.264 e. The van der Waals surface area contributed by atoms with E-state index in [0.29, 0.717) is 12.4 Å². The van der Waals surface area contributed by atoms with Gasteiger partial charge in [0, 0.05) is 10.9 Å². The Kier molecular flexibility index (Phi) is 3.87. The zero-order valence-corrected chi connectivity index (χ0v) is 16.2. The van der Waals surface area contributed by atoms with Gasteiger partial charge in [0.15, 0.2) is 11.5 Å². The van der Waals surface area contributed by atoms with Crippen molar-refractivity contribution in [1.82, 2.24) is 29.4 Å². The molecule has 0 aliphatic heterocycles. The van der Waals surface area contributed by atoms with E-state index in [1.165, 1.54) is 0 Å². The normalized spacial score (nSPS) is 11.5. The fourth-order valence-corrected chi connectivity index (χ4v) is 3.55. The highest BCUT2D eigenvalue weighted by Gasteiger charge is 2.12. The number of rotatable bonds is 3. The fourth-order valence-electron chi connectivity index (χ4n) is 3.41. The quantitative estimate of drug-likeness (QED) is 0.458. The van der Waals surface area contributed by atoms with Gasteiger partial charge >= 0.3 is 0 Å². The molecule has 0 N–H and O–H groups in total. The average molecular weight is 389 g/mol. The third-order valence-electron chi connectivity index (χ3n) is 4.89. The lowest BCUT2D eigenvalue weighted by molar-refractivity contribution is 0.659. The summed E-state index contributed by atoms with van der Waals surface area (Å²) in [6, 6.07) is 16.1. The monoisotopic (exact) mass is 388 g/mol. The van der Waals surface area contributed by atoms with Gasteiger partial charge in [-0.1, -0.05) is 41.9 Å². The van der Waals surface area contributed by atoms with Crippen LogP contribution in [0.15, 0.2) is 54.9 Å². The summed E-state index contributed by atoms with van der Waals surface area (Å²) in [5.74, 6) is 0.673. The van der Waals surface area contributed by atoms with Gasteiger partial charge in [0.1, 0.15) is 6.33 Å². The highest BCUT2D eigenvalue weighted by molar-refractivity contribution is 6.31. The van der Waals surface area contributed by atoms with E-state index in [9.17, 15) is 0 Å². The fraction of sp³-hybridized carbons (Fsp3) is 0.143. The van der Waals surface area contributed by atoms with Crippen LogP contribution in [0.1, 0.15) is 17.0 Å². The van der Waals surface area contributed by atoms with Crippen molar-refractivity contribution in [2.45, 2.75) is 20.4 Å². The average Bonchev–Trinajstić information content (AvgIpc) is 3.26. The SMILES string of the molecule is Cc1nn(Cc2cccc(-c3nc4c5ccccc5ncn4n3)c2)c(C)c1Cl. The minimum Gasteiger partial charge on any atom is -0.264 e. The lowest BCUT2D eigenvalue weighted by Crippen LogP contribution is -2.04. The summed E-state index contributed by atoms with van der Waals surface area (Å²) >= 11 is 6.27. The van der Waals surface area contributed by atoms with Crippen LogP contribution in [0.3, 0.4) is 0 Å². The number of benzene rings is 2. The Morgan fingerprint density at radius 3 is 2.68 bits per heavy atom. The van der Waals surface area contributed by atoms with Gasteiger partial charge in [-0.05, 0) is 37.6 Å². The maximum absolute atomic E-state index is 6.27. The molecule has 0 aliphatic rings. The second-order valence-corrected chi connectivity index (χ2v) is 7.19. The van der Waals surface area contributed by atoms with Crippen LogP contribution in [0.25, 0.3) is 27.9 Å². The summed E-state index contributed by atoms with van der Waals surface area (Å²) in [7, 11) is 0. The van der Waals surface area contributed by atoms with Crippen LogP contribution in [-0.2, 0) is 6.54 Å². The molecule has 0 unspecified atom stereocenters. The number of aromatic nitrogens is 6. The number of halogens is 1. The van der Waals surface area contributed by atoms with Crippen LogP contribution in [0, 0.1) is 13.8 Å². The molecule has 0 radical (unpaired) electrons. The van der Waals surface area contributed by atoms with E-state index in [-0.39, 0.29) is 0 Å². The molecule has 0 amide bonds. The maximum atomic E-state index is 6.27. The van der Waals surface area contributed by atoms with E-state index >= 15 is 0 Å². The van der Waals surface area contributed by atoms with E-state index in [2.05, 4.69) is 27.3 Å². The van der Waals surface area contributed by atoms with Crippen molar-refractivity contribution in [3.05, 3.63) is 76.8 Å². The molecule has 3 heterocycles.